The SMILES string of the molecule is CC(=O)NCCCn1c(=O)c(-c2ccccc2)c2n(c1=O)CCCS2(=O)=O. The molecule has 0 radical (unpaired) electrons. The van der Waals surface area contributed by atoms with Crippen LogP contribution in [0, 0.1) is 0 Å². The molecule has 2 heterocycles. The van der Waals surface area contributed by atoms with Crippen molar-refractivity contribution in [3.8, 4) is 11.1 Å². The molecule has 0 saturated carbocycles. The topological polar surface area (TPSA) is 107 Å². The first-order chi connectivity index (χ1) is 12.8. The molecule has 1 N–H and O–H groups in total. The van der Waals surface area contributed by atoms with Crippen LogP contribution in [0.2, 0.25) is 0 Å². The zero-order valence-electron chi connectivity index (χ0n) is 15.0. The van der Waals surface area contributed by atoms with Crippen molar-refractivity contribution < 1.29 is 13.2 Å². The van der Waals surface area contributed by atoms with Crippen molar-refractivity contribution in [2.75, 3.05) is 12.3 Å². The fourth-order valence-corrected chi connectivity index (χ4v) is 4.99. The molecule has 0 bridgehead atoms. The number of aromatic nitrogens is 2. The summed E-state index contributed by atoms with van der Waals surface area (Å²) in [5, 5.41) is 2.43. The van der Waals surface area contributed by atoms with Crippen molar-refractivity contribution in [2.45, 2.75) is 37.9 Å². The molecule has 0 fully saturated rings. The standard InChI is InChI=1S/C18H21N3O5S/c1-13(22)19-9-5-10-20-16(23)15(14-7-3-2-4-8-14)17-21(18(20)24)11-6-12-27(17,25)26/h2-4,7-8H,5-6,9-12H2,1H3,(H,19,22). The Balaban J connectivity index is 2.19. The van der Waals surface area contributed by atoms with Crippen molar-refractivity contribution in [2.24, 2.45) is 0 Å². The lowest BCUT2D eigenvalue weighted by Crippen LogP contribution is -2.45. The zero-order chi connectivity index (χ0) is 19.6. The second-order valence-corrected chi connectivity index (χ2v) is 8.47. The summed E-state index contributed by atoms with van der Waals surface area (Å²) < 4.78 is 27.6. The molecule has 1 aliphatic rings. The molecule has 1 aromatic carbocycles. The summed E-state index contributed by atoms with van der Waals surface area (Å²) in [6, 6.07) is 8.52. The van der Waals surface area contributed by atoms with Crippen LogP contribution in [0.4, 0.5) is 0 Å². The number of carbonyl (C=O) groups is 1. The highest BCUT2D eigenvalue weighted by Crippen LogP contribution is 2.27. The van der Waals surface area contributed by atoms with Crippen LogP contribution in [0.15, 0.2) is 44.9 Å². The normalized spacial score (nSPS) is 15.1. The van der Waals surface area contributed by atoms with Crippen LogP contribution in [-0.4, -0.2) is 35.8 Å². The van der Waals surface area contributed by atoms with E-state index in [1.54, 1.807) is 30.3 Å². The summed E-state index contributed by atoms with van der Waals surface area (Å²) in [5.41, 5.74) is -0.742. The minimum atomic E-state index is -3.73. The predicted octanol–water partition coefficient (Wildman–Crippen LogP) is 0.381. The van der Waals surface area contributed by atoms with E-state index >= 15 is 0 Å². The van der Waals surface area contributed by atoms with Crippen molar-refractivity contribution in [1.29, 1.82) is 0 Å². The number of carbonyl (C=O) groups excluding carboxylic acids is 1. The minimum Gasteiger partial charge on any atom is -0.356 e. The summed E-state index contributed by atoms with van der Waals surface area (Å²) in [4.78, 5) is 36.9. The second-order valence-electron chi connectivity index (χ2n) is 6.45. The fourth-order valence-electron chi connectivity index (χ4n) is 3.26. The van der Waals surface area contributed by atoms with E-state index in [-0.39, 0.29) is 35.3 Å². The van der Waals surface area contributed by atoms with Crippen LogP contribution in [-0.2, 0) is 27.7 Å². The number of sulfone groups is 1. The van der Waals surface area contributed by atoms with Gasteiger partial charge in [-0.25, -0.2) is 13.2 Å². The summed E-state index contributed by atoms with van der Waals surface area (Å²) in [6.07, 6.45) is 0.711. The first kappa shape index (κ1) is 19.1. The molecule has 0 saturated heterocycles. The van der Waals surface area contributed by atoms with Crippen LogP contribution < -0.4 is 16.6 Å². The smallest absolute Gasteiger partial charge is 0.332 e. The lowest BCUT2D eigenvalue weighted by Gasteiger charge is -2.23. The molecule has 0 spiro atoms. The summed E-state index contributed by atoms with van der Waals surface area (Å²) in [7, 11) is -3.73. The lowest BCUT2D eigenvalue weighted by atomic mass is 10.1. The van der Waals surface area contributed by atoms with Gasteiger partial charge < -0.3 is 5.32 Å². The van der Waals surface area contributed by atoms with Gasteiger partial charge in [0, 0.05) is 26.6 Å². The number of nitrogens with zero attached hydrogens (tertiary/aromatic N) is 2. The quantitative estimate of drug-likeness (QED) is 0.586. The molecule has 1 aromatic heterocycles. The van der Waals surface area contributed by atoms with E-state index in [2.05, 4.69) is 5.32 Å². The van der Waals surface area contributed by atoms with E-state index in [0.717, 1.165) is 4.57 Å². The van der Waals surface area contributed by atoms with E-state index < -0.39 is 21.1 Å². The molecule has 1 aliphatic heterocycles. The van der Waals surface area contributed by atoms with Crippen molar-refractivity contribution >= 4 is 15.7 Å². The van der Waals surface area contributed by atoms with Crippen molar-refractivity contribution in [3.05, 3.63) is 51.2 Å². The Labute approximate surface area is 156 Å². The average molecular weight is 391 g/mol. The van der Waals surface area contributed by atoms with Gasteiger partial charge in [-0.15, -0.1) is 0 Å². The third kappa shape index (κ3) is 3.73. The number of rotatable bonds is 5. The fraction of sp³-hybridized carbons (Fsp3) is 0.389. The van der Waals surface area contributed by atoms with Gasteiger partial charge in [0.15, 0.2) is 14.9 Å². The summed E-state index contributed by atoms with van der Waals surface area (Å²) in [5.74, 6) is -0.279. The van der Waals surface area contributed by atoms with Gasteiger partial charge in [0.1, 0.15) is 0 Å². The largest absolute Gasteiger partial charge is 0.356 e. The van der Waals surface area contributed by atoms with Gasteiger partial charge in [0.05, 0.1) is 11.3 Å². The van der Waals surface area contributed by atoms with E-state index in [9.17, 15) is 22.8 Å². The van der Waals surface area contributed by atoms with Gasteiger partial charge in [-0.3, -0.25) is 18.7 Å². The third-order valence-corrected chi connectivity index (χ3v) is 6.30. The molecule has 2 aromatic rings. The molecular formula is C18H21N3O5S. The molecule has 144 valence electrons. The highest BCUT2D eigenvalue weighted by Gasteiger charge is 2.32. The predicted molar refractivity (Wildman–Crippen MR) is 100 cm³/mol. The Kier molecular flexibility index (Phi) is 5.31. The Morgan fingerprint density at radius 2 is 1.89 bits per heavy atom. The van der Waals surface area contributed by atoms with Gasteiger partial charge in [-0.2, -0.15) is 0 Å². The Morgan fingerprint density at radius 1 is 1.19 bits per heavy atom. The first-order valence-electron chi connectivity index (χ1n) is 8.73. The van der Waals surface area contributed by atoms with Gasteiger partial charge in [0.2, 0.25) is 5.91 Å². The van der Waals surface area contributed by atoms with E-state index in [1.165, 1.54) is 11.5 Å². The minimum absolute atomic E-state index is 0.0365. The highest BCUT2D eigenvalue weighted by atomic mass is 32.2. The van der Waals surface area contributed by atoms with Crippen molar-refractivity contribution in [1.82, 2.24) is 14.5 Å². The number of nitrogens with one attached hydrogen (secondary N) is 1. The summed E-state index contributed by atoms with van der Waals surface area (Å²) >= 11 is 0. The molecule has 0 aliphatic carbocycles. The van der Waals surface area contributed by atoms with Gasteiger partial charge >= 0.3 is 5.69 Å². The molecule has 3 rings (SSSR count). The van der Waals surface area contributed by atoms with Gasteiger partial charge in [0.25, 0.3) is 5.56 Å². The maximum atomic E-state index is 13.1. The van der Waals surface area contributed by atoms with Crippen LogP contribution in [0.5, 0.6) is 0 Å². The molecule has 8 nitrogen and oxygen atoms in total. The maximum Gasteiger partial charge on any atom is 0.332 e. The van der Waals surface area contributed by atoms with Crippen molar-refractivity contribution in [3.63, 3.8) is 0 Å². The van der Waals surface area contributed by atoms with Gasteiger partial charge in [-0.05, 0) is 18.4 Å². The third-order valence-electron chi connectivity index (χ3n) is 4.46. The van der Waals surface area contributed by atoms with E-state index in [1.807, 2.05) is 0 Å². The lowest BCUT2D eigenvalue weighted by molar-refractivity contribution is -0.118. The molecule has 1 amide bonds. The number of fused-ring (bicyclic) bond motifs is 1. The van der Waals surface area contributed by atoms with Crippen LogP contribution >= 0.6 is 0 Å². The van der Waals surface area contributed by atoms with Gasteiger partial charge in [-0.1, -0.05) is 30.3 Å². The Hall–Kier alpha value is -2.68. The van der Waals surface area contributed by atoms with E-state index in [0.29, 0.717) is 24.9 Å². The van der Waals surface area contributed by atoms with Crippen LogP contribution in [0.25, 0.3) is 11.1 Å². The Bertz CT molecular complexity index is 1080. The molecule has 0 atom stereocenters. The summed E-state index contributed by atoms with van der Waals surface area (Å²) in [6.45, 7) is 2.05. The number of amides is 1. The molecule has 0 unspecified atom stereocenters. The monoisotopic (exact) mass is 391 g/mol. The highest BCUT2D eigenvalue weighted by molar-refractivity contribution is 7.91. The first-order valence-corrected chi connectivity index (χ1v) is 10.4. The van der Waals surface area contributed by atoms with Crippen LogP contribution in [0.1, 0.15) is 19.8 Å². The molecule has 9 heteroatoms. The maximum absolute atomic E-state index is 13.1. The Morgan fingerprint density at radius 3 is 2.56 bits per heavy atom. The number of benzene rings is 1. The molecule has 27 heavy (non-hydrogen) atoms. The zero-order valence-corrected chi connectivity index (χ0v) is 15.8. The van der Waals surface area contributed by atoms with E-state index in [4.69, 9.17) is 0 Å². The number of hydrogen-bond donors (Lipinski definition) is 1. The average Bonchev–Trinajstić information content (AvgIpc) is 2.62. The number of hydrogen-bond acceptors (Lipinski definition) is 5. The molecular weight excluding hydrogens is 370 g/mol. The van der Waals surface area contributed by atoms with Crippen LogP contribution in [0.3, 0.4) is 0 Å². The second kappa shape index (κ2) is 7.51.